The third-order valence-corrected chi connectivity index (χ3v) is 5.19. The molecule has 0 saturated heterocycles. The quantitative estimate of drug-likeness (QED) is 0.534. The standard InChI is InChI=1S/C23H21N5O/c24-21-9-7-16(14-26-21)19-5-3-11-25-23(19)29-18-12-17(13-18)27-22-10-8-15-4-1-2-6-20(15)28-22/h1-11,14,17-18H,12-13H2,(H2,24,26)(H,27,28)/t17-,18+. The molecule has 6 nitrogen and oxygen atoms in total. The highest BCUT2D eigenvalue weighted by atomic mass is 16.5. The van der Waals surface area contributed by atoms with Crippen molar-refractivity contribution in [1.82, 2.24) is 15.0 Å². The van der Waals surface area contributed by atoms with Crippen molar-refractivity contribution < 1.29 is 4.74 Å². The molecule has 0 spiro atoms. The first kappa shape index (κ1) is 17.4. The van der Waals surface area contributed by atoms with Crippen molar-refractivity contribution in [1.29, 1.82) is 0 Å². The fourth-order valence-corrected chi connectivity index (χ4v) is 3.56. The number of para-hydroxylation sites is 1. The summed E-state index contributed by atoms with van der Waals surface area (Å²) in [5.74, 6) is 2.03. The first-order valence-electron chi connectivity index (χ1n) is 9.70. The predicted molar refractivity (Wildman–Crippen MR) is 115 cm³/mol. The van der Waals surface area contributed by atoms with E-state index in [9.17, 15) is 0 Å². The number of rotatable bonds is 5. The molecule has 1 aliphatic carbocycles. The van der Waals surface area contributed by atoms with Crippen molar-refractivity contribution in [2.75, 3.05) is 11.1 Å². The first-order chi connectivity index (χ1) is 14.2. The zero-order valence-corrected chi connectivity index (χ0v) is 15.8. The summed E-state index contributed by atoms with van der Waals surface area (Å²) in [5, 5.41) is 4.65. The maximum atomic E-state index is 6.17. The number of nitrogens with two attached hydrogens (primary N) is 1. The number of nitrogens with one attached hydrogen (secondary N) is 1. The van der Waals surface area contributed by atoms with Crippen LogP contribution in [-0.4, -0.2) is 27.1 Å². The number of fused-ring (bicyclic) bond motifs is 1. The summed E-state index contributed by atoms with van der Waals surface area (Å²) in [4.78, 5) is 13.3. The van der Waals surface area contributed by atoms with Gasteiger partial charge in [-0.05, 0) is 42.5 Å². The molecule has 5 rings (SSSR count). The van der Waals surface area contributed by atoms with Crippen LogP contribution in [0.3, 0.4) is 0 Å². The van der Waals surface area contributed by atoms with Crippen LogP contribution in [0.4, 0.5) is 11.6 Å². The first-order valence-corrected chi connectivity index (χ1v) is 9.70. The lowest BCUT2D eigenvalue weighted by Crippen LogP contribution is -2.42. The highest BCUT2D eigenvalue weighted by molar-refractivity contribution is 5.80. The molecule has 0 aliphatic heterocycles. The second-order valence-electron chi connectivity index (χ2n) is 7.27. The lowest BCUT2D eigenvalue weighted by Gasteiger charge is -2.36. The Morgan fingerprint density at radius 2 is 1.83 bits per heavy atom. The molecule has 4 aromatic rings. The lowest BCUT2D eigenvalue weighted by molar-refractivity contribution is 0.103. The molecular formula is C23H21N5O. The molecule has 3 N–H and O–H groups in total. The number of pyridine rings is 3. The zero-order valence-electron chi connectivity index (χ0n) is 15.8. The molecule has 0 unspecified atom stereocenters. The Morgan fingerprint density at radius 1 is 0.931 bits per heavy atom. The van der Waals surface area contributed by atoms with E-state index in [-0.39, 0.29) is 6.10 Å². The molecule has 1 aromatic carbocycles. The van der Waals surface area contributed by atoms with Crippen LogP contribution in [0.1, 0.15) is 12.8 Å². The summed E-state index contributed by atoms with van der Waals surface area (Å²) < 4.78 is 6.17. The number of anilines is 2. The summed E-state index contributed by atoms with van der Waals surface area (Å²) >= 11 is 0. The highest BCUT2D eigenvalue weighted by Crippen LogP contribution is 2.33. The molecule has 1 aliphatic rings. The van der Waals surface area contributed by atoms with Crippen LogP contribution >= 0.6 is 0 Å². The minimum Gasteiger partial charge on any atom is -0.474 e. The Balaban J connectivity index is 1.23. The van der Waals surface area contributed by atoms with E-state index in [0.717, 1.165) is 40.7 Å². The topological polar surface area (TPSA) is 86.0 Å². The van der Waals surface area contributed by atoms with Gasteiger partial charge in [-0.25, -0.2) is 15.0 Å². The summed E-state index contributed by atoms with van der Waals surface area (Å²) in [6.07, 6.45) is 5.44. The Labute approximate surface area is 168 Å². The molecule has 0 amide bonds. The van der Waals surface area contributed by atoms with E-state index in [4.69, 9.17) is 10.5 Å². The van der Waals surface area contributed by atoms with Gasteiger partial charge in [0.2, 0.25) is 5.88 Å². The molecule has 6 heteroatoms. The molecule has 1 saturated carbocycles. The number of nitrogens with zero attached hydrogens (tertiary/aromatic N) is 3. The molecule has 0 bridgehead atoms. The largest absolute Gasteiger partial charge is 0.474 e. The number of hydrogen-bond donors (Lipinski definition) is 2. The fourth-order valence-electron chi connectivity index (χ4n) is 3.56. The molecule has 0 radical (unpaired) electrons. The van der Waals surface area contributed by atoms with Gasteiger partial charge in [-0.3, -0.25) is 0 Å². The van der Waals surface area contributed by atoms with Gasteiger partial charge in [-0.1, -0.05) is 18.2 Å². The summed E-state index contributed by atoms with van der Waals surface area (Å²) in [6, 6.07) is 20.2. The molecular weight excluding hydrogens is 362 g/mol. The Kier molecular flexibility index (Phi) is 4.44. The van der Waals surface area contributed by atoms with Crippen molar-refractivity contribution in [3.05, 3.63) is 73.1 Å². The summed E-state index contributed by atoms with van der Waals surface area (Å²) in [6.45, 7) is 0. The van der Waals surface area contributed by atoms with Gasteiger partial charge in [0.1, 0.15) is 17.7 Å². The Morgan fingerprint density at radius 3 is 2.69 bits per heavy atom. The normalized spacial score (nSPS) is 18.2. The van der Waals surface area contributed by atoms with Crippen LogP contribution in [0.2, 0.25) is 0 Å². The average molecular weight is 383 g/mol. The number of nitrogen functional groups attached to an aromatic ring is 1. The molecule has 1 fully saturated rings. The average Bonchev–Trinajstić information content (AvgIpc) is 2.73. The van der Waals surface area contributed by atoms with E-state index in [1.807, 2.05) is 42.5 Å². The zero-order chi connectivity index (χ0) is 19.6. The van der Waals surface area contributed by atoms with Crippen LogP contribution in [0.25, 0.3) is 22.0 Å². The number of hydrogen-bond acceptors (Lipinski definition) is 6. The second-order valence-corrected chi connectivity index (χ2v) is 7.27. The van der Waals surface area contributed by atoms with Gasteiger partial charge in [-0.15, -0.1) is 0 Å². The van der Waals surface area contributed by atoms with Crippen molar-refractivity contribution in [3.63, 3.8) is 0 Å². The van der Waals surface area contributed by atoms with Crippen LogP contribution in [-0.2, 0) is 0 Å². The van der Waals surface area contributed by atoms with E-state index < -0.39 is 0 Å². The van der Waals surface area contributed by atoms with Crippen LogP contribution in [0.5, 0.6) is 5.88 Å². The van der Waals surface area contributed by atoms with E-state index in [1.54, 1.807) is 18.5 Å². The van der Waals surface area contributed by atoms with E-state index in [0.29, 0.717) is 17.7 Å². The monoisotopic (exact) mass is 383 g/mol. The third kappa shape index (κ3) is 3.69. The molecule has 144 valence electrons. The van der Waals surface area contributed by atoms with E-state index >= 15 is 0 Å². The fraction of sp³-hybridized carbons (Fsp3) is 0.174. The molecule has 3 heterocycles. The Hall–Kier alpha value is -3.67. The van der Waals surface area contributed by atoms with Crippen LogP contribution in [0, 0.1) is 0 Å². The van der Waals surface area contributed by atoms with Gasteiger partial charge in [0.25, 0.3) is 0 Å². The molecule has 0 atom stereocenters. The maximum Gasteiger partial charge on any atom is 0.221 e. The van der Waals surface area contributed by atoms with Crippen molar-refractivity contribution in [2.45, 2.75) is 25.0 Å². The van der Waals surface area contributed by atoms with E-state index in [1.165, 1.54) is 0 Å². The minimum atomic E-state index is 0.128. The van der Waals surface area contributed by atoms with Crippen LogP contribution in [0.15, 0.2) is 73.1 Å². The minimum absolute atomic E-state index is 0.128. The van der Waals surface area contributed by atoms with Gasteiger partial charge in [-0.2, -0.15) is 0 Å². The van der Waals surface area contributed by atoms with Gasteiger partial charge in [0.05, 0.1) is 5.52 Å². The third-order valence-electron chi connectivity index (χ3n) is 5.19. The number of benzene rings is 1. The second kappa shape index (κ2) is 7.39. The van der Waals surface area contributed by atoms with Crippen molar-refractivity contribution >= 4 is 22.5 Å². The SMILES string of the molecule is Nc1ccc(-c2cccnc2O[C@H]2C[C@@H](Nc3ccc4ccccc4n3)C2)cn1. The van der Waals surface area contributed by atoms with Gasteiger partial charge >= 0.3 is 0 Å². The van der Waals surface area contributed by atoms with E-state index in [2.05, 4.69) is 32.4 Å². The molecule has 3 aromatic heterocycles. The lowest BCUT2D eigenvalue weighted by atomic mass is 9.89. The summed E-state index contributed by atoms with van der Waals surface area (Å²) in [5.41, 5.74) is 8.56. The van der Waals surface area contributed by atoms with Crippen molar-refractivity contribution in [3.8, 4) is 17.0 Å². The number of ether oxygens (including phenoxy) is 1. The van der Waals surface area contributed by atoms with Gasteiger partial charge in [0, 0.05) is 47.8 Å². The predicted octanol–water partition coefficient (Wildman–Crippen LogP) is 4.30. The molecule has 29 heavy (non-hydrogen) atoms. The van der Waals surface area contributed by atoms with Crippen LogP contribution < -0.4 is 15.8 Å². The Bertz CT molecular complexity index is 1140. The van der Waals surface area contributed by atoms with Gasteiger partial charge < -0.3 is 15.8 Å². The number of aromatic nitrogens is 3. The smallest absolute Gasteiger partial charge is 0.221 e. The van der Waals surface area contributed by atoms with Gasteiger partial charge in [0.15, 0.2) is 0 Å². The maximum absolute atomic E-state index is 6.17. The summed E-state index contributed by atoms with van der Waals surface area (Å²) in [7, 11) is 0. The highest BCUT2D eigenvalue weighted by Gasteiger charge is 2.32. The van der Waals surface area contributed by atoms with Crippen molar-refractivity contribution in [2.24, 2.45) is 0 Å².